The second-order valence-corrected chi connectivity index (χ2v) is 29.3. The zero-order valence-electron chi connectivity index (χ0n) is 52.8. The molecule has 27 heteroatoms. The monoisotopic (exact) mass is 1430 g/mol. The van der Waals surface area contributed by atoms with Crippen molar-refractivity contribution in [2.75, 3.05) is 82.9 Å². The maximum absolute atomic E-state index is 13.2. The fourth-order valence-electron chi connectivity index (χ4n) is 14.4. The van der Waals surface area contributed by atoms with Crippen molar-refractivity contribution in [3.8, 4) is 0 Å². The number of fused-ring (bicyclic) bond motifs is 12. The fourth-order valence-corrected chi connectivity index (χ4v) is 15.8. The predicted molar refractivity (Wildman–Crippen MR) is 375 cm³/mol. The van der Waals surface area contributed by atoms with E-state index in [0.29, 0.717) is 58.6 Å². The van der Waals surface area contributed by atoms with Gasteiger partial charge in [0.1, 0.15) is 0 Å². The normalized spacial score (nSPS) is 20.0. The minimum atomic E-state index is -4.42. The van der Waals surface area contributed by atoms with Gasteiger partial charge in [-0.2, -0.15) is 33.6 Å². The molecule has 0 aliphatic carbocycles. The molecule has 10 aromatic rings. The number of nitrogens with one attached hydrogen (secondary N) is 7. The highest BCUT2D eigenvalue weighted by molar-refractivity contribution is 9.10. The van der Waals surface area contributed by atoms with Gasteiger partial charge in [0.15, 0.2) is 5.78 Å². The molecule has 96 heavy (non-hydrogen) atoms. The average molecular weight is 1430 g/mol. The van der Waals surface area contributed by atoms with E-state index in [1.807, 2.05) is 97.1 Å². The Hall–Kier alpha value is -8.39. The number of nitrogens with zero attached hydrogens (tertiary/aromatic N) is 8. The van der Waals surface area contributed by atoms with Gasteiger partial charge in [-0.1, -0.05) is 82.5 Å². The molecule has 8 saturated heterocycles. The largest absolute Gasteiger partial charge is 0.416 e. The molecule has 4 aromatic heterocycles. The van der Waals surface area contributed by atoms with Crippen LogP contribution < -0.4 is 35.0 Å². The second kappa shape index (κ2) is 28.0. The number of rotatable bonds is 10. The summed E-state index contributed by atoms with van der Waals surface area (Å²) in [7, 11) is -3.24. The summed E-state index contributed by atoms with van der Waals surface area (Å²) in [6, 6.07) is 30.4. The van der Waals surface area contributed by atoms with E-state index in [1.165, 1.54) is 17.3 Å². The highest BCUT2D eigenvalue weighted by atomic mass is 79.9. The second-order valence-electron chi connectivity index (χ2n) is 25.8. The number of hydrogen-bond donors (Lipinski definition) is 7. The zero-order chi connectivity index (χ0) is 67.0. The Kier molecular flexibility index (Phi) is 19.3. The topological polar surface area (TPSA) is 249 Å². The first-order valence-electron chi connectivity index (χ1n) is 32.4. The van der Waals surface area contributed by atoms with E-state index in [-0.39, 0.29) is 41.5 Å². The lowest BCUT2D eigenvalue weighted by Gasteiger charge is -2.34. The van der Waals surface area contributed by atoms with Crippen LogP contribution in [0, 0.1) is 11.8 Å². The van der Waals surface area contributed by atoms with Crippen LogP contribution in [-0.4, -0.2) is 138 Å². The molecule has 0 radical (unpaired) electrons. The lowest BCUT2D eigenvalue weighted by Crippen LogP contribution is -2.43. The van der Waals surface area contributed by atoms with Crippen LogP contribution in [0.5, 0.6) is 0 Å². The molecular formula is C69H73BrCl2F3N15O5S. The highest BCUT2D eigenvalue weighted by Gasteiger charge is 2.39. The van der Waals surface area contributed by atoms with Crippen molar-refractivity contribution in [2.45, 2.75) is 94.8 Å². The number of aromatic nitrogens is 8. The molecule has 0 unspecified atom stereocenters. The van der Waals surface area contributed by atoms with E-state index in [4.69, 9.17) is 23.2 Å². The van der Waals surface area contributed by atoms with Crippen LogP contribution in [0.2, 0.25) is 10.0 Å². The quantitative estimate of drug-likeness (QED) is 0.0630. The van der Waals surface area contributed by atoms with Crippen LogP contribution in [0.15, 0.2) is 126 Å². The van der Waals surface area contributed by atoms with Gasteiger partial charge in [-0.15, -0.1) is 0 Å². The molecule has 6 aromatic carbocycles. The standard InChI is InChI=1S/C21H22ClN3O.C19H21ClN4O2S.C15H15F3N4O.C14H15BrN4O/c1-2-21(26)16-5-3-14(4-6-16)15-7-9-25(10-8-15)20-12-17(22)11-19-18(20)13-23-24-19;1-27(25,26)23-16-4-2-13(3-5-16)14-6-8-24(9-7-14)19-11-15(20)10-18-17(19)12-21-22-18;16-15(17,18)9-3-12-11(5-19-21-12)13(4-9)22-6-8-1-2-10(7-22)20-14(8)23;15-9-3-12-11(5-16-18-12)13(4-9)19-6-8-1-2-10(7-19)17-14(8)20/h3-6,11-13,15H,2,7-10H2,1H3,(H,23,24);2-5,10-12,14,23H,6-9H2,1H3,(H,21,22);3-5,8,10H,1-2,6-7H2,(H,19,21)(H,20,23);3-5,8,10H,1-2,6-7H2,(H,16,18)(H,17,20)/t;;2*8-,10+/m..11/s1. The minimum absolute atomic E-state index is 0.000775. The number of sulfonamides is 1. The first-order valence-corrected chi connectivity index (χ1v) is 35.8. The van der Waals surface area contributed by atoms with Crippen molar-refractivity contribution < 1.29 is 36.0 Å². The molecule has 8 aliphatic rings. The number of amides is 2. The third kappa shape index (κ3) is 14.9. The van der Waals surface area contributed by atoms with Crippen LogP contribution in [0.4, 0.5) is 41.6 Å². The predicted octanol–water partition coefficient (Wildman–Crippen LogP) is 13.5. The van der Waals surface area contributed by atoms with Crippen LogP contribution in [0.1, 0.15) is 104 Å². The maximum atomic E-state index is 13.2. The van der Waals surface area contributed by atoms with Crippen molar-refractivity contribution in [3.05, 3.63) is 159 Å². The van der Waals surface area contributed by atoms with Crippen LogP contribution in [-0.2, 0) is 25.8 Å². The van der Waals surface area contributed by atoms with E-state index >= 15 is 0 Å². The lowest BCUT2D eigenvalue weighted by molar-refractivity contribution is -0.137. The van der Waals surface area contributed by atoms with Crippen LogP contribution in [0.3, 0.4) is 0 Å². The van der Waals surface area contributed by atoms with E-state index in [2.05, 4.69) is 105 Å². The number of carbonyl (C=O) groups excluding carboxylic acids is 3. The smallest absolute Gasteiger partial charge is 0.371 e. The zero-order valence-corrected chi connectivity index (χ0v) is 56.7. The van der Waals surface area contributed by atoms with Gasteiger partial charge in [0.25, 0.3) is 0 Å². The number of anilines is 5. The van der Waals surface area contributed by atoms with E-state index in [0.717, 1.165) is 174 Å². The summed E-state index contributed by atoms with van der Waals surface area (Å²) in [4.78, 5) is 44.7. The molecule has 7 N–H and O–H groups in total. The summed E-state index contributed by atoms with van der Waals surface area (Å²) in [5.41, 5.74) is 10.5. The van der Waals surface area contributed by atoms with Gasteiger partial charge in [0.2, 0.25) is 21.8 Å². The SMILES string of the molecule is CCC(=O)c1ccc(C2CCN(c3cc(Cl)cc4[nH]ncc34)CC2)cc1.CS(=O)(=O)Nc1ccc(C2CCN(c3cc(Cl)cc4[nH]ncc34)CC2)cc1.O=C1N[C@H]2CC[C@@H]1CN(c1cc(Br)cc3[nH]ncc13)C2.O=C1N[C@H]2CC[C@@H]1CN(c1cc(C(F)(F)F)cc3[nH]ncc13)C2. The van der Waals surface area contributed by atoms with Gasteiger partial charge in [-0.3, -0.25) is 39.5 Å². The molecule has 4 bridgehead atoms. The molecular weight excluding hydrogens is 1360 g/mol. The Balaban J connectivity index is 0.000000116. The van der Waals surface area contributed by atoms with Crippen molar-refractivity contribution in [3.63, 3.8) is 0 Å². The third-order valence-electron chi connectivity index (χ3n) is 19.4. The highest BCUT2D eigenvalue weighted by Crippen LogP contribution is 2.41. The molecule has 20 nitrogen and oxygen atoms in total. The number of halogens is 6. The Labute approximate surface area is 571 Å². The van der Waals surface area contributed by atoms with Crippen molar-refractivity contribution in [2.24, 2.45) is 11.8 Å². The number of ketones is 1. The molecule has 8 aliphatic heterocycles. The summed E-state index contributed by atoms with van der Waals surface area (Å²) in [6.07, 6.45) is 12.4. The van der Waals surface area contributed by atoms with Crippen LogP contribution in [0.25, 0.3) is 43.6 Å². The number of aromatic amines is 4. The van der Waals surface area contributed by atoms with E-state index in [9.17, 15) is 36.0 Å². The number of hydrogen-bond acceptors (Lipinski definition) is 13. The molecule has 12 heterocycles. The number of carbonyl (C=O) groups is 3. The van der Waals surface area contributed by atoms with Crippen molar-refractivity contribution in [1.82, 2.24) is 51.4 Å². The minimum Gasteiger partial charge on any atom is -0.371 e. The fraction of sp³-hybridized carbons (Fsp3) is 0.377. The number of Topliss-reactive ketones (excluding diaryl/α,β-unsaturated/α-hetero) is 1. The summed E-state index contributed by atoms with van der Waals surface area (Å²) in [5, 5.41) is 39.4. The number of benzene rings is 6. The van der Waals surface area contributed by atoms with Gasteiger partial charge >= 0.3 is 6.18 Å². The lowest BCUT2D eigenvalue weighted by atomic mass is 9.88. The number of piperidine rings is 4. The number of alkyl halides is 3. The third-order valence-corrected chi connectivity index (χ3v) is 20.9. The summed E-state index contributed by atoms with van der Waals surface area (Å²) in [6.45, 7) is 8.37. The molecule has 502 valence electrons. The molecule has 0 saturated carbocycles. The number of H-pyrrole nitrogens is 4. The Morgan fingerprint density at radius 2 is 0.948 bits per heavy atom. The summed E-state index contributed by atoms with van der Waals surface area (Å²) >= 11 is 16.1. The van der Waals surface area contributed by atoms with E-state index < -0.39 is 21.8 Å². The molecule has 18 rings (SSSR count). The van der Waals surface area contributed by atoms with Gasteiger partial charge < -0.3 is 30.2 Å². The summed E-state index contributed by atoms with van der Waals surface area (Å²) < 4.78 is 65.6. The average Bonchev–Trinajstić information content (AvgIpc) is 1.53. The molecule has 4 atom stereocenters. The van der Waals surface area contributed by atoms with E-state index in [1.54, 1.807) is 0 Å². The first-order chi connectivity index (χ1) is 46.2. The summed E-state index contributed by atoms with van der Waals surface area (Å²) in [5.74, 6) is 1.35. The molecule has 2 amide bonds. The maximum Gasteiger partial charge on any atom is 0.416 e. The molecule has 8 fully saturated rings. The molecule has 0 spiro atoms. The van der Waals surface area contributed by atoms with Crippen molar-refractivity contribution >= 4 is 139 Å². The van der Waals surface area contributed by atoms with Crippen LogP contribution >= 0.6 is 39.1 Å². The van der Waals surface area contributed by atoms with Gasteiger partial charge in [-0.05, 0) is 135 Å². The first kappa shape index (κ1) is 66.2. The van der Waals surface area contributed by atoms with Gasteiger partial charge in [0, 0.05) is 141 Å². The van der Waals surface area contributed by atoms with Gasteiger partial charge in [-0.25, -0.2) is 8.42 Å². The Morgan fingerprint density at radius 3 is 1.36 bits per heavy atom. The van der Waals surface area contributed by atoms with Gasteiger partial charge in [0.05, 0.1) is 70.5 Å². The Morgan fingerprint density at radius 1 is 0.542 bits per heavy atom. The van der Waals surface area contributed by atoms with Crippen molar-refractivity contribution in [1.29, 1.82) is 0 Å². The Bertz CT molecular complexity index is 4590.